The third-order valence-electron chi connectivity index (χ3n) is 2.92. The van der Waals surface area contributed by atoms with Crippen LogP contribution in [0.3, 0.4) is 0 Å². The Hall–Kier alpha value is -1.45. The molecule has 0 fully saturated rings. The van der Waals surface area contributed by atoms with Crippen molar-refractivity contribution in [1.29, 1.82) is 0 Å². The van der Waals surface area contributed by atoms with E-state index in [0.717, 1.165) is 16.7 Å². The van der Waals surface area contributed by atoms with Crippen LogP contribution in [0.2, 0.25) is 5.15 Å². The summed E-state index contributed by atoms with van der Waals surface area (Å²) >= 11 is 5.73. The minimum absolute atomic E-state index is 0.168. The van der Waals surface area contributed by atoms with Gasteiger partial charge in [-0.3, -0.25) is 0 Å². The molecule has 1 aromatic carbocycles. The fourth-order valence-electron chi connectivity index (χ4n) is 1.85. The zero-order chi connectivity index (χ0) is 13.1. The number of benzene rings is 1. The molecule has 94 valence electrons. The van der Waals surface area contributed by atoms with Gasteiger partial charge < -0.3 is 5.73 Å². The number of rotatable bonds is 3. The summed E-state index contributed by atoms with van der Waals surface area (Å²) in [5, 5.41) is 0.448. The van der Waals surface area contributed by atoms with Gasteiger partial charge in [0, 0.05) is 12.2 Å². The number of aromatic nitrogens is 1. The maximum atomic E-state index is 13.0. The predicted molar refractivity (Wildman–Crippen MR) is 71.0 cm³/mol. The molecule has 0 amide bonds. The van der Waals surface area contributed by atoms with Gasteiger partial charge in [-0.05, 0) is 48.2 Å². The monoisotopic (exact) mass is 264 g/mol. The number of hydrogen-bond acceptors (Lipinski definition) is 2. The molecule has 1 unspecified atom stereocenters. The first-order chi connectivity index (χ1) is 8.56. The molecule has 2 aromatic rings. The fraction of sp³-hybridized carbons (Fsp3) is 0.214. The van der Waals surface area contributed by atoms with Gasteiger partial charge in [-0.25, -0.2) is 9.37 Å². The summed E-state index contributed by atoms with van der Waals surface area (Å²) in [6.45, 7) is 1.88. The van der Waals surface area contributed by atoms with Gasteiger partial charge >= 0.3 is 0 Å². The van der Waals surface area contributed by atoms with E-state index >= 15 is 0 Å². The van der Waals surface area contributed by atoms with Crippen molar-refractivity contribution < 1.29 is 4.39 Å². The van der Waals surface area contributed by atoms with E-state index in [2.05, 4.69) is 4.98 Å². The zero-order valence-corrected chi connectivity index (χ0v) is 10.8. The van der Waals surface area contributed by atoms with E-state index in [4.69, 9.17) is 17.3 Å². The molecule has 2 nitrogen and oxygen atoms in total. The van der Waals surface area contributed by atoms with Crippen LogP contribution in [0.5, 0.6) is 0 Å². The van der Waals surface area contributed by atoms with E-state index in [1.807, 2.05) is 13.0 Å². The Bertz CT molecular complexity index is 540. The van der Waals surface area contributed by atoms with Crippen molar-refractivity contribution in [3.63, 3.8) is 0 Å². The molecular weight excluding hydrogens is 251 g/mol. The van der Waals surface area contributed by atoms with E-state index in [-0.39, 0.29) is 11.9 Å². The molecule has 4 heteroatoms. The van der Waals surface area contributed by atoms with Crippen molar-refractivity contribution in [2.45, 2.75) is 19.4 Å². The van der Waals surface area contributed by atoms with Gasteiger partial charge in [0.2, 0.25) is 0 Å². The maximum absolute atomic E-state index is 13.0. The molecule has 0 aliphatic carbocycles. The average molecular weight is 265 g/mol. The lowest BCUT2D eigenvalue weighted by molar-refractivity contribution is 0.623. The lowest BCUT2D eigenvalue weighted by Gasteiger charge is -2.13. The molecule has 18 heavy (non-hydrogen) atoms. The highest BCUT2D eigenvalue weighted by Crippen LogP contribution is 2.19. The highest BCUT2D eigenvalue weighted by atomic mass is 35.5. The Kier molecular flexibility index (Phi) is 3.94. The summed E-state index contributed by atoms with van der Waals surface area (Å²) in [5.41, 5.74) is 8.98. The van der Waals surface area contributed by atoms with Gasteiger partial charge in [0.25, 0.3) is 0 Å². The SMILES string of the molecule is Cc1cc(F)ccc1CC(N)c1ccc(Cl)nc1. The van der Waals surface area contributed by atoms with Gasteiger partial charge in [-0.2, -0.15) is 0 Å². The lowest BCUT2D eigenvalue weighted by atomic mass is 9.98. The highest BCUT2D eigenvalue weighted by Gasteiger charge is 2.09. The molecule has 2 rings (SSSR count). The number of halogens is 2. The van der Waals surface area contributed by atoms with Crippen molar-refractivity contribution in [2.24, 2.45) is 5.73 Å². The normalized spacial score (nSPS) is 12.4. The Morgan fingerprint density at radius 1 is 1.33 bits per heavy atom. The zero-order valence-electron chi connectivity index (χ0n) is 10.0. The fourth-order valence-corrected chi connectivity index (χ4v) is 1.96. The standard InChI is InChI=1S/C14H14ClFN2/c1-9-6-12(16)4-2-10(9)7-13(17)11-3-5-14(15)18-8-11/h2-6,8,13H,7,17H2,1H3. The van der Waals surface area contributed by atoms with Crippen molar-refractivity contribution in [1.82, 2.24) is 4.98 Å². The van der Waals surface area contributed by atoms with Crippen molar-refractivity contribution >= 4 is 11.6 Å². The molecule has 0 aliphatic rings. The third kappa shape index (κ3) is 3.06. The predicted octanol–water partition coefficient (Wildman–Crippen LogP) is 3.43. The first kappa shape index (κ1) is 13.0. The van der Waals surface area contributed by atoms with Crippen molar-refractivity contribution in [3.8, 4) is 0 Å². The number of nitrogens with two attached hydrogens (primary N) is 1. The van der Waals surface area contributed by atoms with E-state index < -0.39 is 0 Å². The molecule has 1 atom stereocenters. The van der Waals surface area contributed by atoms with Gasteiger partial charge in [0.15, 0.2) is 0 Å². The molecule has 0 aliphatic heterocycles. The molecule has 2 N–H and O–H groups in total. The van der Waals surface area contributed by atoms with Crippen LogP contribution in [0.4, 0.5) is 4.39 Å². The minimum Gasteiger partial charge on any atom is -0.324 e. The second-order valence-corrected chi connectivity index (χ2v) is 4.68. The Morgan fingerprint density at radius 2 is 2.11 bits per heavy atom. The van der Waals surface area contributed by atoms with Gasteiger partial charge in [-0.1, -0.05) is 23.7 Å². The number of hydrogen-bond donors (Lipinski definition) is 1. The van der Waals surface area contributed by atoms with Gasteiger partial charge in [0.1, 0.15) is 11.0 Å². The third-order valence-corrected chi connectivity index (χ3v) is 3.15. The van der Waals surface area contributed by atoms with E-state index in [9.17, 15) is 4.39 Å². The number of nitrogens with zero attached hydrogens (tertiary/aromatic N) is 1. The van der Waals surface area contributed by atoms with Gasteiger partial charge in [0.05, 0.1) is 0 Å². The number of aryl methyl sites for hydroxylation is 1. The summed E-state index contributed by atoms with van der Waals surface area (Å²) in [7, 11) is 0. The molecule has 0 saturated heterocycles. The van der Waals surface area contributed by atoms with Crippen molar-refractivity contribution in [2.75, 3.05) is 0 Å². The topological polar surface area (TPSA) is 38.9 Å². The molecule has 0 radical (unpaired) electrons. The maximum Gasteiger partial charge on any atom is 0.129 e. The van der Waals surface area contributed by atoms with Crippen LogP contribution in [-0.2, 0) is 6.42 Å². The molecule has 0 spiro atoms. The van der Waals surface area contributed by atoms with Crippen LogP contribution in [0.15, 0.2) is 36.5 Å². The van der Waals surface area contributed by atoms with Crippen LogP contribution in [0, 0.1) is 12.7 Å². The first-order valence-electron chi connectivity index (χ1n) is 5.68. The summed E-state index contributed by atoms with van der Waals surface area (Å²) < 4.78 is 13.0. The Balaban J connectivity index is 2.15. The molecule has 0 saturated carbocycles. The molecule has 0 bridgehead atoms. The lowest BCUT2D eigenvalue weighted by Crippen LogP contribution is -2.14. The second kappa shape index (κ2) is 5.46. The number of pyridine rings is 1. The van der Waals surface area contributed by atoms with E-state index in [1.54, 1.807) is 18.3 Å². The van der Waals surface area contributed by atoms with E-state index in [0.29, 0.717) is 11.6 Å². The summed E-state index contributed by atoms with van der Waals surface area (Å²) in [6, 6.07) is 8.15. The summed E-state index contributed by atoms with van der Waals surface area (Å²) in [5.74, 6) is -0.224. The highest BCUT2D eigenvalue weighted by molar-refractivity contribution is 6.29. The first-order valence-corrected chi connectivity index (χ1v) is 6.06. The smallest absolute Gasteiger partial charge is 0.129 e. The summed E-state index contributed by atoms with van der Waals surface area (Å²) in [6.07, 6.45) is 2.32. The van der Waals surface area contributed by atoms with Crippen LogP contribution in [-0.4, -0.2) is 4.98 Å². The van der Waals surface area contributed by atoms with Gasteiger partial charge in [-0.15, -0.1) is 0 Å². The minimum atomic E-state index is -0.224. The van der Waals surface area contributed by atoms with E-state index in [1.165, 1.54) is 12.1 Å². The van der Waals surface area contributed by atoms with Crippen LogP contribution >= 0.6 is 11.6 Å². The second-order valence-electron chi connectivity index (χ2n) is 4.30. The largest absolute Gasteiger partial charge is 0.324 e. The molecule has 1 aromatic heterocycles. The molecular formula is C14H14ClFN2. The van der Waals surface area contributed by atoms with Crippen LogP contribution in [0.25, 0.3) is 0 Å². The molecule has 1 heterocycles. The van der Waals surface area contributed by atoms with Crippen LogP contribution in [0.1, 0.15) is 22.7 Å². The Labute approximate surface area is 111 Å². The Morgan fingerprint density at radius 3 is 2.72 bits per heavy atom. The van der Waals surface area contributed by atoms with Crippen molar-refractivity contribution in [3.05, 3.63) is 64.2 Å². The average Bonchev–Trinajstić information content (AvgIpc) is 2.33. The summed E-state index contributed by atoms with van der Waals surface area (Å²) in [4.78, 5) is 4.00. The van der Waals surface area contributed by atoms with Crippen LogP contribution < -0.4 is 5.73 Å². The quantitative estimate of drug-likeness (QED) is 0.863.